The number of alkyl halides is 2. The van der Waals surface area contributed by atoms with E-state index >= 15 is 4.39 Å². The number of halogens is 2. The van der Waals surface area contributed by atoms with E-state index < -0.39 is 24.2 Å². The Kier molecular flexibility index (Phi) is 8.62. The molecule has 4 rings (SSSR count). The molecule has 5 nitrogen and oxygen atoms in total. The van der Waals surface area contributed by atoms with Crippen molar-refractivity contribution in [2.24, 2.45) is 5.41 Å². The second kappa shape index (κ2) is 11.7. The van der Waals surface area contributed by atoms with E-state index in [-0.39, 0.29) is 24.0 Å². The number of ether oxygens (including phenoxy) is 1. The van der Waals surface area contributed by atoms with Gasteiger partial charge in [0.05, 0.1) is 22.3 Å². The first kappa shape index (κ1) is 25.9. The molecule has 0 bridgehead atoms. The molecule has 1 aliphatic heterocycles. The van der Waals surface area contributed by atoms with E-state index in [0.29, 0.717) is 42.6 Å². The normalized spacial score (nSPS) is 16.9. The molecule has 0 radical (unpaired) electrons. The summed E-state index contributed by atoms with van der Waals surface area (Å²) in [6.45, 7) is 1.42. The highest BCUT2D eigenvalue weighted by Gasteiger charge is 2.41. The maximum Gasteiger partial charge on any atom is 0.309 e. The average molecular weight is 521 g/mol. The first-order valence-corrected chi connectivity index (χ1v) is 13.6. The van der Waals surface area contributed by atoms with Gasteiger partial charge in [0, 0.05) is 35.0 Å². The fourth-order valence-electron chi connectivity index (χ4n) is 4.78. The largest absolute Gasteiger partial charge is 0.497 e. The monoisotopic (exact) mass is 520 g/mol. The van der Waals surface area contributed by atoms with Crippen molar-refractivity contribution in [3.8, 4) is 5.75 Å². The Bertz CT molecular complexity index is 1130. The summed E-state index contributed by atoms with van der Waals surface area (Å²) in [5.41, 5.74) is 0.0426. The summed E-state index contributed by atoms with van der Waals surface area (Å²) in [6, 6.07) is 9.26. The fraction of sp³-hybridized carbons (Fsp3) is 0.462. The minimum Gasteiger partial charge on any atom is -0.497 e. The summed E-state index contributed by atoms with van der Waals surface area (Å²) < 4.78 is 36.0. The Morgan fingerprint density at radius 3 is 2.80 bits per heavy atom. The number of methoxy groups -OCH3 is 1. The molecule has 3 aromatic rings. The zero-order valence-electron chi connectivity index (χ0n) is 19.7. The van der Waals surface area contributed by atoms with Crippen molar-refractivity contribution in [1.29, 1.82) is 0 Å². The van der Waals surface area contributed by atoms with Crippen molar-refractivity contribution in [3.05, 3.63) is 53.0 Å². The van der Waals surface area contributed by atoms with Gasteiger partial charge in [0.2, 0.25) is 0 Å². The number of likely N-dealkylation sites (tertiary alicyclic amines) is 1. The van der Waals surface area contributed by atoms with Gasteiger partial charge in [0.25, 0.3) is 0 Å². The van der Waals surface area contributed by atoms with E-state index in [1.807, 2.05) is 17.8 Å². The molecule has 0 aliphatic carbocycles. The molecule has 1 saturated heterocycles. The van der Waals surface area contributed by atoms with Crippen LogP contribution < -0.4 is 4.74 Å². The zero-order valence-corrected chi connectivity index (χ0v) is 21.3. The zero-order chi connectivity index (χ0) is 24.8. The van der Waals surface area contributed by atoms with Crippen LogP contribution in [-0.2, 0) is 11.5 Å². The first-order valence-electron chi connectivity index (χ1n) is 11.7. The molecular formula is C26H30F2N2O3S2. The molecule has 0 saturated carbocycles. The van der Waals surface area contributed by atoms with Gasteiger partial charge in [-0.3, -0.25) is 9.78 Å². The van der Waals surface area contributed by atoms with Gasteiger partial charge >= 0.3 is 5.97 Å². The van der Waals surface area contributed by atoms with Crippen molar-refractivity contribution >= 4 is 40.0 Å². The Morgan fingerprint density at radius 1 is 1.34 bits per heavy atom. The molecule has 0 unspecified atom stereocenters. The van der Waals surface area contributed by atoms with Gasteiger partial charge in [-0.25, -0.2) is 8.78 Å². The van der Waals surface area contributed by atoms with Crippen molar-refractivity contribution in [3.63, 3.8) is 0 Å². The third-order valence-corrected chi connectivity index (χ3v) is 9.06. The maximum atomic E-state index is 15.7. The number of fused-ring (bicyclic) bond motifs is 1. The number of hydrogen-bond acceptors (Lipinski definition) is 6. The van der Waals surface area contributed by atoms with Crippen LogP contribution >= 0.6 is 23.1 Å². The highest BCUT2D eigenvalue weighted by molar-refractivity contribution is 8.01. The van der Waals surface area contributed by atoms with E-state index in [4.69, 9.17) is 4.74 Å². The van der Waals surface area contributed by atoms with Gasteiger partial charge in [-0.05, 0) is 68.4 Å². The van der Waals surface area contributed by atoms with Gasteiger partial charge in [-0.2, -0.15) is 0 Å². The molecule has 1 aromatic carbocycles. The van der Waals surface area contributed by atoms with E-state index in [1.165, 1.54) is 17.5 Å². The number of hydrogen-bond donors (Lipinski definition) is 1. The number of aliphatic carboxylic acids is 1. The van der Waals surface area contributed by atoms with Crippen LogP contribution in [0.3, 0.4) is 0 Å². The van der Waals surface area contributed by atoms with Crippen LogP contribution in [0.5, 0.6) is 5.75 Å². The van der Waals surface area contributed by atoms with Crippen molar-refractivity contribution in [2.75, 3.05) is 32.5 Å². The lowest BCUT2D eigenvalue weighted by molar-refractivity contribution is -0.153. The molecular weight excluding hydrogens is 490 g/mol. The summed E-state index contributed by atoms with van der Waals surface area (Å²) in [5, 5.41) is 12.6. The minimum absolute atomic E-state index is 0.0177. The Hall–Kier alpha value is -2.23. The summed E-state index contributed by atoms with van der Waals surface area (Å²) >= 11 is 3.53. The maximum absolute atomic E-state index is 15.7. The Balaban J connectivity index is 1.42. The van der Waals surface area contributed by atoms with Crippen molar-refractivity contribution in [2.45, 2.75) is 42.7 Å². The average Bonchev–Trinajstić information content (AvgIpc) is 3.40. The fourth-order valence-corrected chi connectivity index (χ4v) is 6.64. The van der Waals surface area contributed by atoms with Gasteiger partial charge in [-0.15, -0.1) is 23.1 Å². The minimum atomic E-state index is -1.49. The van der Waals surface area contributed by atoms with Crippen LogP contribution in [0.2, 0.25) is 0 Å². The number of carboxylic acid groups (broad SMARTS) is 1. The topological polar surface area (TPSA) is 62.7 Å². The summed E-state index contributed by atoms with van der Waals surface area (Å²) in [7, 11) is 1.52. The van der Waals surface area contributed by atoms with Crippen molar-refractivity contribution in [1.82, 2.24) is 9.88 Å². The van der Waals surface area contributed by atoms with Crippen LogP contribution in [-0.4, -0.2) is 53.5 Å². The molecule has 1 N–H and O–H groups in total. The van der Waals surface area contributed by atoms with E-state index in [1.54, 1.807) is 29.5 Å². The number of rotatable bonds is 11. The molecule has 188 valence electrons. The SMILES string of the molecule is COc1ccc2ncc(CF)c([C@@H](F)CCC3(C(=O)O)CCN(CCSc4cccs4)CC3)c2c1. The highest BCUT2D eigenvalue weighted by Crippen LogP contribution is 2.41. The Labute approximate surface area is 212 Å². The lowest BCUT2D eigenvalue weighted by Crippen LogP contribution is -2.45. The number of pyridine rings is 1. The quantitative estimate of drug-likeness (QED) is 0.290. The molecule has 1 aliphatic rings. The Morgan fingerprint density at radius 2 is 2.14 bits per heavy atom. The second-order valence-electron chi connectivity index (χ2n) is 8.93. The molecule has 0 amide bonds. The lowest BCUT2D eigenvalue weighted by atomic mass is 9.74. The van der Waals surface area contributed by atoms with Crippen LogP contribution in [0, 0.1) is 5.41 Å². The number of piperidine rings is 1. The van der Waals surface area contributed by atoms with Crippen molar-refractivity contribution < 1.29 is 23.4 Å². The van der Waals surface area contributed by atoms with Gasteiger partial charge in [-0.1, -0.05) is 6.07 Å². The number of carbonyl (C=O) groups is 1. The third kappa shape index (κ3) is 5.95. The van der Waals surface area contributed by atoms with E-state index in [2.05, 4.69) is 21.3 Å². The number of nitrogens with zero attached hydrogens (tertiary/aromatic N) is 2. The predicted molar refractivity (Wildman–Crippen MR) is 137 cm³/mol. The molecule has 0 spiro atoms. The lowest BCUT2D eigenvalue weighted by Gasteiger charge is -2.39. The van der Waals surface area contributed by atoms with Gasteiger partial charge < -0.3 is 14.7 Å². The number of thiophene rings is 1. The standard InChI is InChI=1S/C26H30F2N2O3S2/c1-33-19-4-5-22-20(15-19)24(18(16-27)17-29-22)21(28)6-7-26(25(31)32)8-10-30(11-9-26)12-14-35-23-3-2-13-34-23/h2-5,13,15,17,21H,6-12,14,16H2,1H3,(H,31,32)/t21-/m0/s1. The summed E-state index contributed by atoms with van der Waals surface area (Å²) in [4.78, 5) is 18.8. The number of aromatic nitrogens is 1. The molecule has 3 heterocycles. The van der Waals surface area contributed by atoms with Crippen LogP contribution in [0.4, 0.5) is 8.78 Å². The molecule has 35 heavy (non-hydrogen) atoms. The number of thioether (sulfide) groups is 1. The molecule has 1 atom stereocenters. The van der Waals surface area contributed by atoms with Gasteiger partial charge in [0.15, 0.2) is 0 Å². The molecule has 2 aromatic heterocycles. The number of benzene rings is 1. The highest BCUT2D eigenvalue weighted by atomic mass is 32.2. The summed E-state index contributed by atoms with van der Waals surface area (Å²) in [5.74, 6) is 0.622. The van der Waals surface area contributed by atoms with Crippen LogP contribution in [0.15, 0.2) is 46.1 Å². The summed E-state index contributed by atoms with van der Waals surface area (Å²) in [6.07, 6.45) is 1.08. The molecule has 1 fully saturated rings. The predicted octanol–water partition coefficient (Wildman–Crippen LogP) is 6.52. The third-order valence-electron chi connectivity index (χ3n) is 6.95. The number of carboxylic acids is 1. The van der Waals surface area contributed by atoms with Gasteiger partial charge in [0.1, 0.15) is 18.6 Å². The van der Waals surface area contributed by atoms with E-state index in [9.17, 15) is 14.3 Å². The van der Waals surface area contributed by atoms with Crippen LogP contribution in [0.25, 0.3) is 10.9 Å². The first-order chi connectivity index (χ1) is 17.0. The second-order valence-corrected chi connectivity index (χ2v) is 11.3. The van der Waals surface area contributed by atoms with Crippen LogP contribution in [0.1, 0.15) is 43.0 Å². The molecule has 9 heteroatoms. The van der Waals surface area contributed by atoms with E-state index in [0.717, 1.165) is 12.3 Å². The smallest absolute Gasteiger partial charge is 0.309 e.